The number of amides is 3. The lowest BCUT2D eigenvalue weighted by Gasteiger charge is -2.31. The molecule has 1 heterocycles. The zero-order valence-electron chi connectivity index (χ0n) is 19.2. The van der Waals surface area contributed by atoms with Crippen molar-refractivity contribution in [3.8, 4) is 5.75 Å². The van der Waals surface area contributed by atoms with E-state index in [0.29, 0.717) is 5.56 Å². The van der Waals surface area contributed by atoms with Crippen molar-refractivity contribution in [2.24, 2.45) is 5.73 Å². The lowest BCUT2D eigenvalue weighted by atomic mass is 10.0. The first-order valence-electron chi connectivity index (χ1n) is 10.7. The highest BCUT2D eigenvalue weighted by Crippen LogP contribution is 2.15. The number of hydrogen-bond donors (Lipinski definition) is 5. The van der Waals surface area contributed by atoms with Crippen LogP contribution in [0.2, 0.25) is 0 Å². The van der Waals surface area contributed by atoms with Crippen LogP contribution in [0, 0.1) is 6.92 Å². The van der Waals surface area contributed by atoms with Gasteiger partial charge in [-0.3, -0.25) is 28.7 Å². The van der Waals surface area contributed by atoms with Crippen molar-refractivity contribution < 1.29 is 19.5 Å². The molecule has 2 aromatic rings. The molecule has 3 amide bonds. The summed E-state index contributed by atoms with van der Waals surface area (Å²) >= 11 is 0. The van der Waals surface area contributed by atoms with E-state index < -0.39 is 35.6 Å². The Balaban J connectivity index is 2.30. The number of carbonyl (C=O) groups is 3. The quantitative estimate of drug-likeness (QED) is 0.238. The van der Waals surface area contributed by atoms with Gasteiger partial charge < -0.3 is 26.4 Å². The maximum absolute atomic E-state index is 13.2. The third-order valence-electron chi connectivity index (χ3n) is 5.03. The molecule has 34 heavy (non-hydrogen) atoms. The summed E-state index contributed by atoms with van der Waals surface area (Å²) in [7, 11) is 0. The Morgan fingerprint density at radius 2 is 1.79 bits per heavy atom. The number of nitrogens with two attached hydrogens (primary N) is 1. The largest absolute Gasteiger partial charge is 0.508 e. The van der Waals surface area contributed by atoms with Crippen LogP contribution in [0.1, 0.15) is 18.1 Å². The molecular weight excluding hydrogens is 444 g/mol. The number of phenolic OH excluding ortho intramolecular Hbond substituents is 1. The summed E-state index contributed by atoms with van der Waals surface area (Å²) in [4.78, 5) is 64.5. The minimum Gasteiger partial charge on any atom is -0.508 e. The molecule has 0 aliphatic heterocycles. The minimum absolute atomic E-state index is 0.0395. The van der Waals surface area contributed by atoms with Crippen molar-refractivity contribution in [2.75, 3.05) is 26.2 Å². The number of rotatable bonds is 11. The van der Waals surface area contributed by atoms with Crippen molar-refractivity contribution in [1.82, 2.24) is 25.1 Å². The van der Waals surface area contributed by atoms with Crippen molar-refractivity contribution in [2.45, 2.75) is 32.9 Å². The van der Waals surface area contributed by atoms with E-state index in [9.17, 15) is 29.1 Å². The Morgan fingerprint density at radius 1 is 1.15 bits per heavy atom. The standard InChI is InChI=1S/C22H30N6O6/c1-14-12-27(22(34)26-20(14)32)13-19(31)28(10-7-23)18(11-16-3-5-17(30)6-4-16)21(33)25-9-8-24-15(2)29/h3-6,12,18,30H,7-11,13,23H2,1-2H3,(H,24,29)(H,25,33)(H,26,32,34). The van der Waals surface area contributed by atoms with Crippen molar-refractivity contribution >= 4 is 17.7 Å². The van der Waals surface area contributed by atoms with Gasteiger partial charge in [0.1, 0.15) is 18.3 Å². The summed E-state index contributed by atoms with van der Waals surface area (Å²) in [5.41, 5.74) is 5.37. The molecule has 1 unspecified atom stereocenters. The van der Waals surface area contributed by atoms with Crippen LogP contribution in [0.4, 0.5) is 0 Å². The third-order valence-corrected chi connectivity index (χ3v) is 5.03. The molecule has 12 heteroatoms. The summed E-state index contributed by atoms with van der Waals surface area (Å²) in [5.74, 6) is -1.19. The molecule has 0 radical (unpaired) electrons. The Labute approximate surface area is 195 Å². The zero-order valence-corrected chi connectivity index (χ0v) is 19.2. The van der Waals surface area contributed by atoms with E-state index in [2.05, 4.69) is 15.6 Å². The average molecular weight is 475 g/mol. The van der Waals surface area contributed by atoms with Crippen molar-refractivity contribution in [3.63, 3.8) is 0 Å². The molecule has 0 saturated carbocycles. The molecule has 0 spiro atoms. The molecule has 184 valence electrons. The topological polar surface area (TPSA) is 180 Å². The number of aromatic nitrogens is 2. The summed E-state index contributed by atoms with van der Waals surface area (Å²) in [6, 6.07) is 5.23. The second kappa shape index (κ2) is 12.3. The van der Waals surface area contributed by atoms with E-state index in [-0.39, 0.29) is 49.8 Å². The van der Waals surface area contributed by atoms with Gasteiger partial charge in [-0.2, -0.15) is 0 Å². The Bertz CT molecular complexity index is 1120. The second-order valence-corrected chi connectivity index (χ2v) is 7.74. The van der Waals surface area contributed by atoms with Crippen molar-refractivity contribution in [1.29, 1.82) is 0 Å². The Kier molecular flexibility index (Phi) is 9.56. The summed E-state index contributed by atoms with van der Waals surface area (Å²) < 4.78 is 1.06. The molecule has 0 aliphatic rings. The molecule has 6 N–H and O–H groups in total. The fourth-order valence-electron chi connectivity index (χ4n) is 3.31. The van der Waals surface area contributed by atoms with Gasteiger partial charge in [-0.1, -0.05) is 12.1 Å². The first kappa shape index (κ1) is 26.3. The highest BCUT2D eigenvalue weighted by atomic mass is 16.3. The molecule has 12 nitrogen and oxygen atoms in total. The highest BCUT2D eigenvalue weighted by Gasteiger charge is 2.30. The molecule has 1 aromatic heterocycles. The molecule has 0 aliphatic carbocycles. The predicted molar refractivity (Wildman–Crippen MR) is 124 cm³/mol. The SMILES string of the molecule is CC(=O)NCCNC(=O)C(Cc1ccc(O)cc1)N(CCN)C(=O)Cn1cc(C)c(=O)[nH]c1=O. The fourth-order valence-corrected chi connectivity index (χ4v) is 3.31. The number of aromatic hydroxyl groups is 1. The van der Waals surface area contributed by atoms with Crippen LogP contribution in [0.15, 0.2) is 40.1 Å². The summed E-state index contributed by atoms with van der Waals surface area (Å²) in [5, 5.41) is 14.8. The van der Waals surface area contributed by atoms with Gasteiger partial charge in [0.05, 0.1) is 0 Å². The van der Waals surface area contributed by atoms with Crippen LogP contribution < -0.4 is 27.6 Å². The molecular formula is C22H30N6O6. The van der Waals surface area contributed by atoms with E-state index in [1.807, 2.05) is 0 Å². The number of benzene rings is 1. The highest BCUT2D eigenvalue weighted by molar-refractivity contribution is 5.88. The lowest BCUT2D eigenvalue weighted by Crippen LogP contribution is -2.54. The Morgan fingerprint density at radius 3 is 2.41 bits per heavy atom. The first-order chi connectivity index (χ1) is 16.1. The van der Waals surface area contributed by atoms with Gasteiger partial charge in [0.25, 0.3) is 5.56 Å². The number of carbonyl (C=O) groups excluding carboxylic acids is 3. The van der Waals surface area contributed by atoms with Crippen LogP contribution in [0.25, 0.3) is 0 Å². The number of aromatic amines is 1. The molecule has 1 atom stereocenters. The monoisotopic (exact) mass is 474 g/mol. The van der Waals surface area contributed by atoms with Gasteiger partial charge >= 0.3 is 5.69 Å². The molecule has 0 saturated heterocycles. The number of nitrogens with one attached hydrogen (secondary N) is 3. The number of nitrogens with zero attached hydrogens (tertiary/aromatic N) is 2. The van der Waals surface area contributed by atoms with Gasteiger partial charge in [-0.05, 0) is 24.6 Å². The molecule has 2 rings (SSSR count). The van der Waals surface area contributed by atoms with E-state index in [1.165, 1.54) is 37.1 Å². The second-order valence-electron chi connectivity index (χ2n) is 7.74. The summed E-state index contributed by atoms with van der Waals surface area (Å²) in [6.45, 7) is 2.93. The number of phenols is 1. The maximum atomic E-state index is 13.2. The van der Waals surface area contributed by atoms with Crippen LogP contribution in [-0.4, -0.2) is 69.5 Å². The van der Waals surface area contributed by atoms with Gasteiger partial charge in [0.2, 0.25) is 17.7 Å². The average Bonchev–Trinajstić information content (AvgIpc) is 2.78. The smallest absolute Gasteiger partial charge is 0.328 e. The Hall–Kier alpha value is -3.93. The van der Waals surface area contributed by atoms with Crippen LogP contribution >= 0.6 is 0 Å². The number of hydrogen-bond acceptors (Lipinski definition) is 7. The van der Waals surface area contributed by atoms with Gasteiger partial charge in [-0.25, -0.2) is 4.79 Å². The van der Waals surface area contributed by atoms with E-state index >= 15 is 0 Å². The van der Waals surface area contributed by atoms with Crippen molar-refractivity contribution in [3.05, 3.63) is 62.4 Å². The maximum Gasteiger partial charge on any atom is 0.328 e. The third kappa shape index (κ3) is 7.59. The summed E-state index contributed by atoms with van der Waals surface area (Å²) in [6.07, 6.45) is 1.40. The first-order valence-corrected chi connectivity index (χ1v) is 10.7. The lowest BCUT2D eigenvalue weighted by molar-refractivity contribution is -0.141. The number of H-pyrrole nitrogens is 1. The molecule has 0 bridgehead atoms. The van der Waals surface area contributed by atoms with Gasteiger partial charge in [0, 0.05) is 51.3 Å². The molecule has 0 fully saturated rings. The van der Waals surface area contributed by atoms with Crippen LogP contribution in [-0.2, 0) is 27.3 Å². The predicted octanol–water partition coefficient (Wildman–Crippen LogP) is -1.80. The normalized spacial score (nSPS) is 11.5. The number of aryl methyl sites for hydroxylation is 1. The van der Waals surface area contributed by atoms with Gasteiger partial charge in [-0.15, -0.1) is 0 Å². The molecule has 1 aromatic carbocycles. The van der Waals surface area contributed by atoms with Crippen LogP contribution in [0.3, 0.4) is 0 Å². The van der Waals surface area contributed by atoms with E-state index in [4.69, 9.17) is 5.73 Å². The fraction of sp³-hybridized carbons (Fsp3) is 0.409. The van der Waals surface area contributed by atoms with E-state index in [0.717, 1.165) is 4.57 Å². The van der Waals surface area contributed by atoms with Crippen LogP contribution in [0.5, 0.6) is 5.75 Å². The zero-order chi connectivity index (χ0) is 25.3. The minimum atomic E-state index is -0.975. The van der Waals surface area contributed by atoms with Gasteiger partial charge in [0.15, 0.2) is 0 Å². The van der Waals surface area contributed by atoms with E-state index in [1.54, 1.807) is 12.1 Å².